The number of aromatic nitrogens is 2. The Labute approximate surface area is 129 Å². The van der Waals surface area contributed by atoms with E-state index in [0.717, 1.165) is 4.88 Å². The van der Waals surface area contributed by atoms with Crippen LogP contribution in [0, 0.1) is 11.3 Å². The molecule has 2 aromatic heterocycles. The Hall–Kier alpha value is -2.42. The zero-order valence-electron chi connectivity index (χ0n) is 10.6. The number of hydrogen-bond donors (Lipinski definition) is 1. The van der Waals surface area contributed by atoms with Crippen LogP contribution >= 0.6 is 22.9 Å². The Balaban J connectivity index is 2.19. The molecule has 3 rings (SSSR count). The monoisotopic (exact) mass is 313 g/mol. The lowest BCUT2D eigenvalue weighted by Crippen LogP contribution is -2.11. The maximum atomic E-state index is 12.1. The second-order valence-electron chi connectivity index (χ2n) is 4.26. The van der Waals surface area contributed by atoms with Crippen molar-refractivity contribution < 1.29 is 0 Å². The third-order valence-electron chi connectivity index (χ3n) is 2.87. The number of allylic oxidation sites excluding steroid dienone is 1. The number of aromatic amines is 1. The van der Waals surface area contributed by atoms with Crippen molar-refractivity contribution in [1.82, 2.24) is 9.97 Å². The standard InChI is InChI=1S/C15H8ClN3OS/c16-10-3-4-13-12(7-10)15(20)19-14(18-13)9(8-17)6-11-2-1-5-21-11/h1-7H,(H,18,19,20)/b9-6-. The van der Waals surface area contributed by atoms with Crippen molar-refractivity contribution >= 4 is 45.5 Å². The van der Waals surface area contributed by atoms with E-state index in [1.165, 1.54) is 11.3 Å². The average molecular weight is 314 g/mol. The van der Waals surface area contributed by atoms with Gasteiger partial charge >= 0.3 is 0 Å². The number of halogens is 1. The van der Waals surface area contributed by atoms with Gasteiger partial charge in [-0.05, 0) is 35.7 Å². The number of nitriles is 1. The van der Waals surface area contributed by atoms with Crippen molar-refractivity contribution in [3.63, 3.8) is 0 Å². The number of thiophene rings is 1. The summed E-state index contributed by atoms with van der Waals surface area (Å²) in [6.07, 6.45) is 1.70. The summed E-state index contributed by atoms with van der Waals surface area (Å²) < 4.78 is 0. The molecule has 0 unspecified atom stereocenters. The lowest BCUT2D eigenvalue weighted by atomic mass is 10.2. The van der Waals surface area contributed by atoms with Crippen molar-refractivity contribution in [3.8, 4) is 6.07 Å². The Bertz CT molecular complexity index is 936. The van der Waals surface area contributed by atoms with Gasteiger partial charge in [-0.25, -0.2) is 4.98 Å². The molecule has 0 aliphatic carbocycles. The van der Waals surface area contributed by atoms with Crippen LogP contribution in [0.1, 0.15) is 10.7 Å². The molecule has 0 bridgehead atoms. The first-order valence-corrected chi connectivity index (χ1v) is 7.28. The number of benzene rings is 1. The summed E-state index contributed by atoms with van der Waals surface area (Å²) in [5, 5.41) is 12.1. The van der Waals surface area contributed by atoms with E-state index in [-0.39, 0.29) is 11.4 Å². The summed E-state index contributed by atoms with van der Waals surface area (Å²) in [4.78, 5) is 20.0. The van der Waals surface area contributed by atoms with Crippen molar-refractivity contribution in [2.75, 3.05) is 0 Å². The van der Waals surface area contributed by atoms with Gasteiger partial charge < -0.3 is 4.98 Å². The molecule has 0 saturated heterocycles. The second kappa shape index (κ2) is 5.52. The van der Waals surface area contributed by atoms with Crippen LogP contribution in [0.2, 0.25) is 5.02 Å². The van der Waals surface area contributed by atoms with Crippen LogP contribution in [0.4, 0.5) is 0 Å². The molecule has 0 radical (unpaired) electrons. The zero-order valence-corrected chi connectivity index (χ0v) is 12.2. The predicted octanol–water partition coefficient (Wildman–Crippen LogP) is 3.70. The molecular weight excluding hydrogens is 306 g/mol. The van der Waals surface area contributed by atoms with Crippen LogP contribution in [-0.2, 0) is 0 Å². The van der Waals surface area contributed by atoms with Crippen LogP contribution in [-0.4, -0.2) is 9.97 Å². The predicted molar refractivity (Wildman–Crippen MR) is 85.2 cm³/mol. The molecule has 0 fully saturated rings. The van der Waals surface area contributed by atoms with Crippen molar-refractivity contribution in [1.29, 1.82) is 5.26 Å². The Kier molecular flexibility index (Phi) is 3.57. The minimum atomic E-state index is -0.315. The quantitative estimate of drug-likeness (QED) is 0.733. The third-order valence-corrected chi connectivity index (χ3v) is 3.93. The molecule has 1 aromatic carbocycles. The molecule has 0 spiro atoms. The number of nitrogens with zero attached hydrogens (tertiary/aromatic N) is 2. The van der Waals surface area contributed by atoms with Crippen molar-refractivity contribution in [2.24, 2.45) is 0 Å². The molecule has 0 aliphatic heterocycles. The average Bonchev–Trinajstić information content (AvgIpc) is 2.98. The van der Waals surface area contributed by atoms with Gasteiger partial charge in [0.05, 0.1) is 16.5 Å². The number of fused-ring (bicyclic) bond motifs is 1. The van der Waals surface area contributed by atoms with E-state index in [1.54, 1.807) is 24.3 Å². The molecular formula is C15H8ClN3OS. The SMILES string of the molecule is N#C/C(=C/c1cccs1)c1nc2ccc(Cl)cc2c(=O)[nH]1. The van der Waals surface area contributed by atoms with E-state index in [4.69, 9.17) is 11.6 Å². The zero-order chi connectivity index (χ0) is 14.8. The van der Waals surface area contributed by atoms with E-state index in [0.29, 0.717) is 21.5 Å². The highest BCUT2D eigenvalue weighted by Gasteiger charge is 2.09. The number of hydrogen-bond acceptors (Lipinski definition) is 4. The fourth-order valence-corrected chi connectivity index (χ4v) is 2.74. The van der Waals surface area contributed by atoms with Crippen LogP contribution in [0.25, 0.3) is 22.6 Å². The molecule has 2 heterocycles. The summed E-state index contributed by atoms with van der Waals surface area (Å²) in [6.45, 7) is 0. The summed E-state index contributed by atoms with van der Waals surface area (Å²) in [6, 6.07) is 10.7. The minimum absolute atomic E-state index is 0.255. The molecule has 0 aliphatic rings. The number of H-pyrrole nitrogens is 1. The molecule has 3 aromatic rings. The summed E-state index contributed by atoms with van der Waals surface area (Å²) >= 11 is 7.38. The highest BCUT2D eigenvalue weighted by Crippen LogP contribution is 2.20. The maximum absolute atomic E-state index is 12.1. The minimum Gasteiger partial charge on any atom is -0.305 e. The van der Waals surface area contributed by atoms with Gasteiger partial charge in [-0.3, -0.25) is 4.79 Å². The first-order chi connectivity index (χ1) is 10.2. The van der Waals surface area contributed by atoms with E-state index < -0.39 is 0 Å². The first-order valence-electron chi connectivity index (χ1n) is 6.02. The Morgan fingerprint density at radius 2 is 2.29 bits per heavy atom. The Morgan fingerprint density at radius 1 is 1.43 bits per heavy atom. The second-order valence-corrected chi connectivity index (χ2v) is 5.68. The first kappa shape index (κ1) is 13.6. The molecule has 0 amide bonds. The molecule has 0 atom stereocenters. The van der Waals surface area contributed by atoms with Crippen molar-refractivity contribution in [2.45, 2.75) is 0 Å². The van der Waals surface area contributed by atoms with Crippen LogP contribution < -0.4 is 5.56 Å². The lowest BCUT2D eigenvalue weighted by Gasteiger charge is -2.02. The fourth-order valence-electron chi connectivity index (χ4n) is 1.91. The van der Waals surface area contributed by atoms with E-state index >= 15 is 0 Å². The van der Waals surface area contributed by atoms with Crippen LogP contribution in [0.15, 0.2) is 40.5 Å². The van der Waals surface area contributed by atoms with Crippen molar-refractivity contribution in [3.05, 3.63) is 61.8 Å². The smallest absolute Gasteiger partial charge is 0.259 e. The van der Waals surface area contributed by atoms with E-state index in [2.05, 4.69) is 16.0 Å². The van der Waals surface area contributed by atoms with Gasteiger partial charge in [0, 0.05) is 9.90 Å². The van der Waals surface area contributed by atoms with Crippen LogP contribution in [0.3, 0.4) is 0 Å². The fraction of sp³-hybridized carbons (Fsp3) is 0. The molecule has 4 nitrogen and oxygen atoms in total. The number of rotatable bonds is 2. The van der Waals surface area contributed by atoms with Gasteiger partial charge in [0.25, 0.3) is 5.56 Å². The van der Waals surface area contributed by atoms with Gasteiger partial charge in [0.1, 0.15) is 6.07 Å². The summed E-state index contributed by atoms with van der Waals surface area (Å²) in [5.74, 6) is 0.255. The molecule has 21 heavy (non-hydrogen) atoms. The highest BCUT2D eigenvalue weighted by molar-refractivity contribution is 7.10. The maximum Gasteiger partial charge on any atom is 0.259 e. The van der Waals surface area contributed by atoms with Crippen LogP contribution in [0.5, 0.6) is 0 Å². The lowest BCUT2D eigenvalue weighted by molar-refractivity contribution is 1.13. The van der Waals surface area contributed by atoms with Gasteiger partial charge in [-0.2, -0.15) is 5.26 Å². The number of nitrogens with one attached hydrogen (secondary N) is 1. The van der Waals surface area contributed by atoms with Gasteiger partial charge in [0.15, 0.2) is 5.82 Å². The normalized spacial score (nSPS) is 11.5. The molecule has 1 N–H and O–H groups in total. The third kappa shape index (κ3) is 2.72. The van der Waals surface area contributed by atoms with Gasteiger partial charge in [-0.15, -0.1) is 11.3 Å². The van der Waals surface area contributed by atoms with Gasteiger partial charge in [-0.1, -0.05) is 17.7 Å². The summed E-state index contributed by atoms with van der Waals surface area (Å²) in [7, 11) is 0. The highest BCUT2D eigenvalue weighted by atomic mass is 35.5. The largest absolute Gasteiger partial charge is 0.305 e. The Morgan fingerprint density at radius 3 is 3.00 bits per heavy atom. The molecule has 6 heteroatoms. The van der Waals surface area contributed by atoms with E-state index in [1.807, 2.05) is 17.5 Å². The van der Waals surface area contributed by atoms with Gasteiger partial charge in [0.2, 0.25) is 0 Å². The molecule has 102 valence electrons. The topological polar surface area (TPSA) is 69.5 Å². The van der Waals surface area contributed by atoms with E-state index in [9.17, 15) is 10.1 Å². The molecule has 0 saturated carbocycles. The summed E-state index contributed by atoms with van der Waals surface area (Å²) in [5.41, 5.74) is 0.502.